The van der Waals surface area contributed by atoms with Crippen molar-refractivity contribution in [3.63, 3.8) is 0 Å². The molecule has 0 radical (unpaired) electrons. The van der Waals surface area contributed by atoms with Crippen molar-refractivity contribution in [3.05, 3.63) is 0 Å². The molecule has 1 saturated heterocycles. The number of hydrogen-bond donors (Lipinski definition) is 2. The van der Waals surface area contributed by atoms with Crippen LogP contribution in [0.15, 0.2) is 0 Å². The lowest BCUT2D eigenvalue weighted by Gasteiger charge is -2.36. The average Bonchev–Trinajstić information content (AvgIpc) is 2.75. The lowest BCUT2D eigenvalue weighted by Crippen LogP contribution is -2.48. The van der Waals surface area contributed by atoms with E-state index in [1.54, 1.807) is 0 Å². The molecule has 0 aromatic rings. The van der Waals surface area contributed by atoms with Crippen LogP contribution in [0.4, 0.5) is 0 Å². The highest BCUT2D eigenvalue weighted by Gasteiger charge is 2.38. The lowest BCUT2D eigenvalue weighted by atomic mass is 9.69. The van der Waals surface area contributed by atoms with Crippen LogP contribution in [0.1, 0.15) is 58.3 Å². The molecule has 0 spiro atoms. The van der Waals surface area contributed by atoms with Gasteiger partial charge in [0.05, 0.1) is 18.6 Å². The molecule has 2 aliphatic rings. The summed E-state index contributed by atoms with van der Waals surface area (Å²) >= 11 is 0. The second kappa shape index (κ2) is 6.12. The number of carbonyl (C=O) groups is 2. The normalized spacial score (nSPS) is 29.1. The first-order valence-electron chi connectivity index (χ1n) is 7.54. The van der Waals surface area contributed by atoms with E-state index in [0.717, 1.165) is 38.5 Å². The van der Waals surface area contributed by atoms with E-state index in [9.17, 15) is 9.59 Å². The highest BCUT2D eigenvalue weighted by Crippen LogP contribution is 2.42. The molecule has 1 aliphatic carbocycles. The minimum Gasteiger partial charge on any atom is -0.481 e. The second-order valence-electron chi connectivity index (χ2n) is 6.72. The Labute approximate surface area is 120 Å². The van der Waals surface area contributed by atoms with Crippen molar-refractivity contribution >= 4 is 11.9 Å². The summed E-state index contributed by atoms with van der Waals surface area (Å²) < 4.78 is 5.33. The SMILES string of the molecule is CC1(NC(=O)CC2(CC(=O)O)CCCCC2)CCOC1. The molecule has 5 heteroatoms. The van der Waals surface area contributed by atoms with E-state index in [1.807, 2.05) is 6.92 Å². The topological polar surface area (TPSA) is 75.6 Å². The molecule has 2 N–H and O–H groups in total. The number of amides is 1. The molecular weight excluding hydrogens is 258 g/mol. The van der Waals surface area contributed by atoms with E-state index in [1.165, 1.54) is 0 Å². The largest absolute Gasteiger partial charge is 0.481 e. The van der Waals surface area contributed by atoms with Crippen LogP contribution in [0, 0.1) is 5.41 Å². The zero-order chi connectivity index (χ0) is 14.6. The molecule has 1 saturated carbocycles. The van der Waals surface area contributed by atoms with Crippen molar-refractivity contribution in [3.8, 4) is 0 Å². The predicted molar refractivity (Wildman–Crippen MR) is 74.4 cm³/mol. The van der Waals surface area contributed by atoms with Gasteiger partial charge in [-0.3, -0.25) is 9.59 Å². The fourth-order valence-electron chi connectivity index (χ4n) is 3.53. The summed E-state index contributed by atoms with van der Waals surface area (Å²) in [5, 5.41) is 12.2. The third-order valence-corrected chi connectivity index (χ3v) is 4.64. The summed E-state index contributed by atoms with van der Waals surface area (Å²) in [6, 6.07) is 0. The molecule has 1 unspecified atom stereocenters. The van der Waals surface area contributed by atoms with Crippen LogP contribution in [0.3, 0.4) is 0 Å². The summed E-state index contributed by atoms with van der Waals surface area (Å²) in [5.41, 5.74) is -0.625. The van der Waals surface area contributed by atoms with Gasteiger partial charge in [0.1, 0.15) is 0 Å². The monoisotopic (exact) mass is 283 g/mol. The van der Waals surface area contributed by atoms with Crippen molar-refractivity contribution in [2.45, 2.75) is 63.8 Å². The Kier molecular flexibility index (Phi) is 4.68. The predicted octanol–water partition coefficient (Wildman–Crippen LogP) is 2.10. The summed E-state index contributed by atoms with van der Waals surface area (Å²) in [6.45, 7) is 3.21. The quantitative estimate of drug-likeness (QED) is 0.810. The first-order valence-corrected chi connectivity index (χ1v) is 7.54. The van der Waals surface area contributed by atoms with Gasteiger partial charge in [-0.05, 0) is 31.6 Å². The van der Waals surface area contributed by atoms with Crippen LogP contribution in [0.25, 0.3) is 0 Å². The molecule has 1 amide bonds. The Bertz CT molecular complexity index is 368. The van der Waals surface area contributed by atoms with E-state index in [4.69, 9.17) is 9.84 Å². The number of carbonyl (C=O) groups excluding carboxylic acids is 1. The van der Waals surface area contributed by atoms with Gasteiger partial charge in [-0.25, -0.2) is 0 Å². The standard InChI is InChI=1S/C15H25NO4/c1-14(7-8-20-11-14)16-12(17)9-15(10-13(18)19)5-3-2-4-6-15/h2-11H2,1H3,(H,16,17)(H,18,19). The lowest BCUT2D eigenvalue weighted by molar-refractivity contribution is -0.141. The van der Waals surface area contributed by atoms with E-state index in [-0.39, 0.29) is 23.3 Å². The van der Waals surface area contributed by atoms with Crippen LogP contribution in [-0.4, -0.2) is 35.7 Å². The maximum absolute atomic E-state index is 12.3. The van der Waals surface area contributed by atoms with Gasteiger partial charge in [-0.15, -0.1) is 0 Å². The van der Waals surface area contributed by atoms with Crippen LogP contribution in [-0.2, 0) is 14.3 Å². The number of nitrogens with one attached hydrogen (secondary N) is 1. The first kappa shape index (κ1) is 15.3. The molecular formula is C15H25NO4. The zero-order valence-electron chi connectivity index (χ0n) is 12.2. The van der Waals surface area contributed by atoms with Gasteiger partial charge in [0, 0.05) is 13.0 Å². The molecule has 2 fully saturated rings. The Morgan fingerprint density at radius 2 is 1.85 bits per heavy atom. The molecule has 5 nitrogen and oxygen atoms in total. The van der Waals surface area contributed by atoms with Gasteiger partial charge >= 0.3 is 5.97 Å². The summed E-state index contributed by atoms with van der Waals surface area (Å²) in [4.78, 5) is 23.4. The number of carboxylic acid groups (broad SMARTS) is 1. The third-order valence-electron chi connectivity index (χ3n) is 4.64. The zero-order valence-corrected chi connectivity index (χ0v) is 12.2. The van der Waals surface area contributed by atoms with E-state index < -0.39 is 5.97 Å². The maximum Gasteiger partial charge on any atom is 0.303 e. The molecule has 20 heavy (non-hydrogen) atoms. The molecule has 0 aromatic heterocycles. The maximum atomic E-state index is 12.3. The van der Waals surface area contributed by atoms with Gasteiger partial charge in [0.25, 0.3) is 0 Å². The molecule has 0 bridgehead atoms. The molecule has 1 aliphatic heterocycles. The van der Waals surface area contributed by atoms with Crippen molar-refractivity contribution in [2.75, 3.05) is 13.2 Å². The van der Waals surface area contributed by atoms with Gasteiger partial charge < -0.3 is 15.2 Å². The first-order chi connectivity index (χ1) is 9.43. The Morgan fingerprint density at radius 1 is 1.15 bits per heavy atom. The number of rotatable bonds is 5. The van der Waals surface area contributed by atoms with E-state index >= 15 is 0 Å². The Morgan fingerprint density at radius 3 is 2.40 bits per heavy atom. The van der Waals surface area contributed by atoms with Gasteiger partial charge in [-0.2, -0.15) is 0 Å². The Hall–Kier alpha value is -1.10. The summed E-state index contributed by atoms with van der Waals surface area (Å²) in [5.74, 6) is -0.823. The summed E-state index contributed by atoms with van der Waals surface area (Å²) in [6.07, 6.45) is 6.16. The van der Waals surface area contributed by atoms with Crippen molar-refractivity contribution in [1.82, 2.24) is 5.32 Å². The van der Waals surface area contributed by atoms with Crippen molar-refractivity contribution in [2.24, 2.45) is 5.41 Å². The molecule has 0 aromatic carbocycles. The fourth-order valence-corrected chi connectivity index (χ4v) is 3.53. The van der Waals surface area contributed by atoms with Crippen molar-refractivity contribution < 1.29 is 19.4 Å². The van der Waals surface area contributed by atoms with Crippen LogP contribution in [0.5, 0.6) is 0 Å². The smallest absolute Gasteiger partial charge is 0.303 e. The van der Waals surface area contributed by atoms with Gasteiger partial charge in [-0.1, -0.05) is 19.3 Å². The summed E-state index contributed by atoms with van der Waals surface area (Å²) in [7, 11) is 0. The average molecular weight is 283 g/mol. The van der Waals surface area contributed by atoms with Gasteiger partial charge in [0.2, 0.25) is 5.91 Å². The van der Waals surface area contributed by atoms with Crippen LogP contribution < -0.4 is 5.32 Å². The highest BCUT2D eigenvalue weighted by atomic mass is 16.5. The Balaban J connectivity index is 1.96. The molecule has 1 atom stereocenters. The minimum atomic E-state index is -0.796. The van der Waals surface area contributed by atoms with E-state index in [0.29, 0.717) is 19.6 Å². The molecule has 2 rings (SSSR count). The van der Waals surface area contributed by atoms with Crippen molar-refractivity contribution in [1.29, 1.82) is 0 Å². The molecule has 1 heterocycles. The van der Waals surface area contributed by atoms with Gasteiger partial charge in [0.15, 0.2) is 0 Å². The van der Waals surface area contributed by atoms with Crippen LogP contribution >= 0.6 is 0 Å². The number of carboxylic acids is 1. The minimum absolute atomic E-state index is 0.0267. The highest BCUT2D eigenvalue weighted by molar-refractivity contribution is 5.78. The fraction of sp³-hybridized carbons (Fsp3) is 0.867. The second-order valence-corrected chi connectivity index (χ2v) is 6.72. The van der Waals surface area contributed by atoms with Crippen LogP contribution in [0.2, 0.25) is 0 Å². The number of hydrogen-bond acceptors (Lipinski definition) is 3. The molecule has 114 valence electrons. The number of aliphatic carboxylic acids is 1. The number of ether oxygens (including phenoxy) is 1. The third kappa shape index (κ3) is 3.95. The van der Waals surface area contributed by atoms with E-state index in [2.05, 4.69) is 5.32 Å².